The van der Waals surface area contributed by atoms with E-state index in [1.807, 2.05) is 0 Å². The Kier molecular flexibility index (Phi) is 6.75. The van der Waals surface area contributed by atoms with E-state index in [9.17, 15) is 18.5 Å². The van der Waals surface area contributed by atoms with E-state index in [0.717, 1.165) is 31.4 Å². The molecule has 2 atom stereocenters. The van der Waals surface area contributed by atoms with Crippen molar-refractivity contribution >= 4 is 28.1 Å². The van der Waals surface area contributed by atoms with Crippen LogP contribution in [0.5, 0.6) is 5.75 Å². The smallest absolute Gasteiger partial charge is 0.273 e. The zero-order valence-electron chi connectivity index (χ0n) is 12.6. The lowest BCUT2D eigenvalue weighted by Gasteiger charge is -2.20. The molecule has 1 aliphatic rings. The topological polar surface area (TPSA) is 125 Å². The van der Waals surface area contributed by atoms with E-state index in [0.29, 0.717) is 6.54 Å². The number of nitrogens with zero attached hydrogens (tertiary/aromatic N) is 1. The van der Waals surface area contributed by atoms with Crippen molar-refractivity contribution in [1.29, 1.82) is 0 Å². The molecule has 23 heavy (non-hydrogen) atoms. The second-order valence-electron chi connectivity index (χ2n) is 5.25. The number of benzene rings is 1. The van der Waals surface area contributed by atoms with Gasteiger partial charge in [-0.25, -0.2) is 13.1 Å². The van der Waals surface area contributed by atoms with Gasteiger partial charge in [-0.05, 0) is 31.4 Å². The van der Waals surface area contributed by atoms with Gasteiger partial charge in [-0.15, -0.1) is 12.4 Å². The number of hydrogen-bond donors (Lipinski definition) is 2. The molecule has 8 nitrogen and oxygen atoms in total. The van der Waals surface area contributed by atoms with Crippen LogP contribution in [0.15, 0.2) is 23.1 Å². The summed E-state index contributed by atoms with van der Waals surface area (Å²) in [4.78, 5) is 10.1. The molecule has 1 aromatic rings. The average Bonchev–Trinajstić information content (AvgIpc) is 2.92. The highest BCUT2D eigenvalue weighted by Gasteiger charge is 2.32. The Bertz CT molecular complexity index is 668. The predicted molar refractivity (Wildman–Crippen MR) is 87.4 cm³/mol. The highest BCUT2D eigenvalue weighted by molar-refractivity contribution is 7.89. The summed E-state index contributed by atoms with van der Waals surface area (Å²) in [6, 6.07) is 3.22. The number of hydrogen-bond acceptors (Lipinski definition) is 6. The molecule has 0 amide bonds. The molecule has 1 aliphatic carbocycles. The van der Waals surface area contributed by atoms with Gasteiger partial charge in [-0.2, -0.15) is 0 Å². The molecular weight excluding hydrogens is 346 g/mol. The van der Waals surface area contributed by atoms with Gasteiger partial charge in [0.2, 0.25) is 10.0 Å². The third-order valence-electron chi connectivity index (χ3n) is 3.92. The molecule has 0 aromatic heterocycles. The van der Waals surface area contributed by atoms with Crippen molar-refractivity contribution in [3.8, 4) is 5.75 Å². The van der Waals surface area contributed by atoms with Crippen LogP contribution in [0, 0.1) is 16.0 Å². The van der Waals surface area contributed by atoms with Crippen LogP contribution >= 0.6 is 12.4 Å². The zero-order chi connectivity index (χ0) is 16.3. The van der Waals surface area contributed by atoms with Gasteiger partial charge in [0.05, 0.1) is 18.1 Å². The fourth-order valence-electron chi connectivity index (χ4n) is 2.73. The number of rotatable bonds is 6. The number of nitrogens with two attached hydrogens (primary N) is 1. The van der Waals surface area contributed by atoms with Crippen LogP contribution < -0.4 is 15.2 Å². The lowest BCUT2D eigenvalue weighted by atomic mass is 10.1. The van der Waals surface area contributed by atoms with Gasteiger partial charge in [-0.3, -0.25) is 10.1 Å². The Labute approximate surface area is 141 Å². The first-order chi connectivity index (χ1) is 10.4. The molecule has 2 unspecified atom stereocenters. The molecule has 1 fully saturated rings. The molecule has 0 heterocycles. The van der Waals surface area contributed by atoms with E-state index in [4.69, 9.17) is 10.5 Å². The Morgan fingerprint density at radius 2 is 2.13 bits per heavy atom. The SMILES string of the molecule is COc1cc([N+](=O)[O-])ccc1S(=O)(=O)NC1CCCC1CN.Cl. The van der Waals surface area contributed by atoms with Crippen molar-refractivity contribution in [1.82, 2.24) is 4.72 Å². The van der Waals surface area contributed by atoms with Crippen LogP contribution in [0.2, 0.25) is 0 Å². The predicted octanol–water partition coefficient (Wildman–Crippen LogP) is 1.43. The van der Waals surface area contributed by atoms with Crippen LogP contribution in [-0.2, 0) is 10.0 Å². The molecule has 1 saturated carbocycles. The quantitative estimate of drug-likeness (QED) is 0.580. The summed E-state index contributed by atoms with van der Waals surface area (Å²) in [5.74, 6) is 0.0582. The molecule has 2 rings (SSSR count). The monoisotopic (exact) mass is 365 g/mol. The fraction of sp³-hybridized carbons (Fsp3) is 0.538. The number of ether oxygens (including phenoxy) is 1. The van der Waals surface area contributed by atoms with Crippen molar-refractivity contribution in [2.45, 2.75) is 30.2 Å². The second kappa shape index (κ2) is 7.91. The molecule has 1 aromatic carbocycles. The third kappa shape index (κ3) is 4.31. The molecule has 130 valence electrons. The van der Waals surface area contributed by atoms with E-state index in [1.54, 1.807) is 0 Å². The average molecular weight is 366 g/mol. The summed E-state index contributed by atoms with van der Waals surface area (Å²) in [5.41, 5.74) is 5.43. The minimum atomic E-state index is -3.83. The van der Waals surface area contributed by atoms with Gasteiger partial charge in [-0.1, -0.05) is 6.42 Å². The van der Waals surface area contributed by atoms with E-state index in [2.05, 4.69) is 4.72 Å². The Hall–Kier alpha value is -1.42. The largest absolute Gasteiger partial charge is 0.495 e. The summed E-state index contributed by atoms with van der Waals surface area (Å²) < 4.78 is 32.6. The summed E-state index contributed by atoms with van der Waals surface area (Å²) in [6.07, 6.45) is 2.55. The van der Waals surface area contributed by atoms with Gasteiger partial charge in [0.1, 0.15) is 10.6 Å². The van der Waals surface area contributed by atoms with Crippen molar-refractivity contribution < 1.29 is 18.1 Å². The van der Waals surface area contributed by atoms with Crippen LogP contribution in [0.1, 0.15) is 19.3 Å². The summed E-state index contributed by atoms with van der Waals surface area (Å²) in [7, 11) is -2.55. The zero-order valence-corrected chi connectivity index (χ0v) is 14.2. The molecule has 0 aliphatic heterocycles. The fourth-order valence-corrected chi connectivity index (χ4v) is 4.22. The Balaban J connectivity index is 0.00000264. The van der Waals surface area contributed by atoms with Crippen molar-refractivity contribution in [2.24, 2.45) is 11.7 Å². The molecule has 0 radical (unpaired) electrons. The molecular formula is C13H20ClN3O5S. The number of methoxy groups -OCH3 is 1. The van der Waals surface area contributed by atoms with Crippen LogP contribution in [0.3, 0.4) is 0 Å². The summed E-state index contributed by atoms with van der Waals surface area (Å²) in [5, 5.41) is 10.8. The lowest BCUT2D eigenvalue weighted by molar-refractivity contribution is -0.385. The third-order valence-corrected chi connectivity index (χ3v) is 5.45. The number of sulfonamides is 1. The summed E-state index contributed by atoms with van der Waals surface area (Å²) >= 11 is 0. The van der Waals surface area contributed by atoms with Gasteiger partial charge in [0.25, 0.3) is 5.69 Å². The first-order valence-electron chi connectivity index (χ1n) is 6.94. The highest BCUT2D eigenvalue weighted by Crippen LogP contribution is 2.31. The Morgan fingerprint density at radius 3 is 2.70 bits per heavy atom. The van der Waals surface area contributed by atoms with Crippen molar-refractivity contribution in [3.63, 3.8) is 0 Å². The van der Waals surface area contributed by atoms with Crippen LogP contribution in [-0.4, -0.2) is 33.0 Å². The van der Waals surface area contributed by atoms with Crippen LogP contribution in [0.4, 0.5) is 5.69 Å². The number of nitrogens with one attached hydrogen (secondary N) is 1. The molecule has 0 saturated heterocycles. The maximum Gasteiger partial charge on any atom is 0.273 e. The first kappa shape index (κ1) is 19.6. The molecule has 3 N–H and O–H groups in total. The number of nitro benzene ring substituents is 1. The van der Waals surface area contributed by atoms with Crippen molar-refractivity contribution in [3.05, 3.63) is 28.3 Å². The minimum absolute atomic E-state index is 0. The van der Waals surface area contributed by atoms with Crippen LogP contribution in [0.25, 0.3) is 0 Å². The standard InChI is InChI=1S/C13H19N3O5S.ClH/c1-21-12-7-10(16(17)18)5-6-13(12)22(19,20)15-11-4-2-3-9(11)8-14;/h5-7,9,11,15H,2-4,8,14H2,1H3;1H. The number of non-ortho nitro benzene ring substituents is 1. The van der Waals surface area contributed by atoms with Crippen molar-refractivity contribution in [2.75, 3.05) is 13.7 Å². The molecule has 10 heteroatoms. The van der Waals surface area contributed by atoms with Gasteiger partial charge in [0.15, 0.2) is 0 Å². The summed E-state index contributed by atoms with van der Waals surface area (Å²) in [6.45, 7) is 0.421. The number of halogens is 1. The molecule has 0 spiro atoms. The normalized spacial score (nSPS) is 20.8. The maximum absolute atomic E-state index is 12.5. The first-order valence-corrected chi connectivity index (χ1v) is 8.42. The maximum atomic E-state index is 12.5. The Morgan fingerprint density at radius 1 is 1.43 bits per heavy atom. The molecule has 0 bridgehead atoms. The number of nitro groups is 1. The van der Waals surface area contributed by atoms with E-state index in [1.165, 1.54) is 13.2 Å². The minimum Gasteiger partial charge on any atom is -0.495 e. The van der Waals surface area contributed by atoms with E-state index in [-0.39, 0.29) is 40.7 Å². The lowest BCUT2D eigenvalue weighted by Crippen LogP contribution is -2.39. The van der Waals surface area contributed by atoms with E-state index < -0.39 is 14.9 Å². The van der Waals surface area contributed by atoms with E-state index >= 15 is 0 Å². The second-order valence-corrected chi connectivity index (χ2v) is 6.93. The highest BCUT2D eigenvalue weighted by atomic mass is 35.5. The van der Waals surface area contributed by atoms with Gasteiger partial charge >= 0.3 is 0 Å². The van der Waals surface area contributed by atoms with Gasteiger partial charge in [0, 0.05) is 12.1 Å². The van der Waals surface area contributed by atoms with Gasteiger partial charge < -0.3 is 10.5 Å².